The number of amides is 1. The Morgan fingerprint density at radius 3 is 2.56 bits per heavy atom. The van der Waals surface area contributed by atoms with Crippen molar-refractivity contribution in [3.05, 3.63) is 50.2 Å². The summed E-state index contributed by atoms with van der Waals surface area (Å²) in [7, 11) is 1.37. The van der Waals surface area contributed by atoms with E-state index in [-0.39, 0.29) is 17.1 Å². The molecule has 0 unspecified atom stereocenters. The van der Waals surface area contributed by atoms with Crippen molar-refractivity contribution in [2.24, 2.45) is 0 Å². The molecule has 132 valence electrons. The smallest absolute Gasteiger partial charge is 0.349 e. The van der Waals surface area contributed by atoms with Gasteiger partial charge in [0, 0.05) is 17.0 Å². The number of nitrogens with zero attached hydrogens (tertiary/aromatic N) is 1. The van der Waals surface area contributed by atoms with E-state index < -0.39 is 22.9 Å². The van der Waals surface area contributed by atoms with Crippen LogP contribution in [0, 0.1) is 17.0 Å². The molecule has 1 amide bonds. The first-order valence-corrected chi connectivity index (χ1v) is 8.04. The minimum Gasteiger partial charge on any atom is -0.495 e. The van der Waals surface area contributed by atoms with E-state index in [2.05, 4.69) is 5.32 Å². The molecule has 1 aromatic heterocycles. The van der Waals surface area contributed by atoms with Gasteiger partial charge < -0.3 is 14.8 Å². The van der Waals surface area contributed by atoms with Crippen LogP contribution in [-0.2, 0) is 9.53 Å². The summed E-state index contributed by atoms with van der Waals surface area (Å²) in [5.41, 5.74) is -0.0774. The number of esters is 1. The number of benzene rings is 1. The fourth-order valence-electron chi connectivity index (χ4n) is 1.96. The highest BCUT2D eigenvalue weighted by atomic mass is 32.1. The zero-order valence-corrected chi connectivity index (χ0v) is 14.6. The van der Waals surface area contributed by atoms with Gasteiger partial charge in [-0.1, -0.05) is 0 Å². The van der Waals surface area contributed by atoms with Crippen LogP contribution in [0.3, 0.4) is 0 Å². The molecule has 0 spiro atoms. The summed E-state index contributed by atoms with van der Waals surface area (Å²) in [6, 6.07) is 7.21. The number of anilines is 1. The SMILES string of the molecule is COc1ccc([N+](=O)[O-])cc1NC(=O)[C@@H](C)OC(=O)c1ccc(C)s1. The van der Waals surface area contributed by atoms with Gasteiger partial charge in [-0.05, 0) is 32.0 Å². The Morgan fingerprint density at radius 2 is 2.00 bits per heavy atom. The molecule has 0 saturated carbocycles. The summed E-state index contributed by atoms with van der Waals surface area (Å²) in [5.74, 6) is -0.974. The van der Waals surface area contributed by atoms with Crippen LogP contribution >= 0.6 is 11.3 Å². The van der Waals surface area contributed by atoms with E-state index in [4.69, 9.17) is 9.47 Å². The zero-order valence-electron chi connectivity index (χ0n) is 13.8. The van der Waals surface area contributed by atoms with Crippen molar-refractivity contribution in [2.45, 2.75) is 20.0 Å². The molecule has 1 N–H and O–H groups in total. The average molecular weight is 364 g/mol. The molecule has 1 aromatic carbocycles. The second-order valence-electron chi connectivity index (χ2n) is 5.09. The van der Waals surface area contributed by atoms with Gasteiger partial charge in [-0.3, -0.25) is 14.9 Å². The Morgan fingerprint density at radius 1 is 1.28 bits per heavy atom. The van der Waals surface area contributed by atoms with Crippen molar-refractivity contribution in [1.29, 1.82) is 0 Å². The Bertz CT molecular complexity index is 817. The number of aryl methyl sites for hydroxylation is 1. The largest absolute Gasteiger partial charge is 0.495 e. The number of ether oxygens (including phenoxy) is 2. The molecule has 2 aromatic rings. The maximum atomic E-state index is 12.2. The number of hydrogen-bond acceptors (Lipinski definition) is 7. The molecule has 0 aliphatic rings. The van der Waals surface area contributed by atoms with Crippen molar-refractivity contribution >= 4 is 34.6 Å². The van der Waals surface area contributed by atoms with E-state index in [1.165, 1.54) is 43.6 Å². The Kier molecular flexibility index (Phi) is 5.71. The molecule has 1 heterocycles. The minimum atomic E-state index is -1.08. The molecule has 1 atom stereocenters. The van der Waals surface area contributed by atoms with Crippen LogP contribution in [0.15, 0.2) is 30.3 Å². The van der Waals surface area contributed by atoms with Gasteiger partial charge in [-0.15, -0.1) is 11.3 Å². The number of hydrogen-bond donors (Lipinski definition) is 1. The minimum absolute atomic E-state index is 0.122. The second-order valence-corrected chi connectivity index (χ2v) is 6.38. The standard InChI is InChI=1S/C16H16N2O6S/c1-9-4-7-14(25-9)16(20)24-10(2)15(19)17-12-8-11(18(21)22)5-6-13(12)23-3/h4-8,10H,1-3H3,(H,17,19)/t10-/m1/s1. The first-order valence-electron chi connectivity index (χ1n) is 7.22. The van der Waals surface area contributed by atoms with Crippen LogP contribution in [-0.4, -0.2) is 30.0 Å². The fourth-order valence-corrected chi connectivity index (χ4v) is 2.71. The van der Waals surface area contributed by atoms with E-state index in [9.17, 15) is 19.7 Å². The third-order valence-electron chi connectivity index (χ3n) is 3.25. The van der Waals surface area contributed by atoms with Gasteiger partial charge in [0.15, 0.2) is 6.10 Å². The van der Waals surface area contributed by atoms with Gasteiger partial charge in [0.1, 0.15) is 10.6 Å². The number of non-ortho nitro benzene ring substituents is 1. The fraction of sp³-hybridized carbons (Fsp3) is 0.250. The van der Waals surface area contributed by atoms with E-state index >= 15 is 0 Å². The highest BCUT2D eigenvalue weighted by Crippen LogP contribution is 2.29. The van der Waals surface area contributed by atoms with Gasteiger partial charge >= 0.3 is 5.97 Å². The summed E-state index contributed by atoms with van der Waals surface area (Å²) in [4.78, 5) is 35.8. The predicted molar refractivity (Wildman–Crippen MR) is 92.2 cm³/mol. The topological polar surface area (TPSA) is 108 Å². The normalized spacial score (nSPS) is 11.5. The number of nitrogens with one attached hydrogen (secondary N) is 1. The monoisotopic (exact) mass is 364 g/mol. The van der Waals surface area contributed by atoms with Crippen LogP contribution in [0.25, 0.3) is 0 Å². The van der Waals surface area contributed by atoms with Crippen LogP contribution < -0.4 is 10.1 Å². The van der Waals surface area contributed by atoms with Crippen molar-refractivity contribution in [2.75, 3.05) is 12.4 Å². The molecule has 8 nitrogen and oxygen atoms in total. The van der Waals surface area contributed by atoms with Gasteiger partial charge in [0.2, 0.25) is 0 Å². The molecule has 9 heteroatoms. The molecular formula is C16H16N2O6S. The summed E-state index contributed by atoms with van der Waals surface area (Å²) < 4.78 is 10.2. The molecule has 2 rings (SSSR count). The first-order chi connectivity index (χ1) is 11.8. The third-order valence-corrected chi connectivity index (χ3v) is 4.23. The lowest BCUT2D eigenvalue weighted by Gasteiger charge is -2.14. The van der Waals surface area contributed by atoms with Gasteiger partial charge in [-0.25, -0.2) is 4.79 Å². The van der Waals surface area contributed by atoms with Crippen LogP contribution in [0.1, 0.15) is 21.5 Å². The number of methoxy groups -OCH3 is 1. The molecule has 25 heavy (non-hydrogen) atoms. The summed E-state index contributed by atoms with van der Waals surface area (Å²) in [5, 5.41) is 13.3. The quantitative estimate of drug-likeness (QED) is 0.479. The summed E-state index contributed by atoms with van der Waals surface area (Å²) >= 11 is 1.26. The molecular weight excluding hydrogens is 348 g/mol. The number of carbonyl (C=O) groups excluding carboxylic acids is 2. The molecule has 0 fully saturated rings. The number of rotatable bonds is 6. The second kappa shape index (κ2) is 7.75. The zero-order chi connectivity index (χ0) is 18.6. The number of nitro groups is 1. The molecule has 0 radical (unpaired) electrons. The Balaban J connectivity index is 2.09. The summed E-state index contributed by atoms with van der Waals surface area (Å²) in [6.45, 7) is 3.27. The van der Waals surface area contributed by atoms with Crippen LogP contribution in [0.5, 0.6) is 5.75 Å². The predicted octanol–water partition coefficient (Wildman–Crippen LogP) is 3.16. The third kappa shape index (κ3) is 4.54. The number of carbonyl (C=O) groups is 2. The highest BCUT2D eigenvalue weighted by molar-refractivity contribution is 7.13. The Hall–Kier alpha value is -2.94. The van der Waals surface area contributed by atoms with Gasteiger partial charge in [0.05, 0.1) is 17.7 Å². The van der Waals surface area contributed by atoms with Crippen LogP contribution in [0.2, 0.25) is 0 Å². The average Bonchev–Trinajstić information content (AvgIpc) is 3.01. The molecule has 0 aliphatic carbocycles. The number of nitro benzene ring substituents is 1. The van der Waals surface area contributed by atoms with E-state index in [1.54, 1.807) is 12.1 Å². The van der Waals surface area contributed by atoms with Crippen molar-refractivity contribution in [1.82, 2.24) is 0 Å². The van der Waals surface area contributed by atoms with Crippen molar-refractivity contribution in [3.63, 3.8) is 0 Å². The molecule has 0 saturated heterocycles. The lowest BCUT2D eigenvalue weighted by atomic mass is 10.2. The van der Waals surface area contributed by atoms with Crippen molar-refractivity contribution < 1.29 is 24.0 Å². The maximum Gasteiger partial charge on any atom is 0.349 e. The lowest BCUT2D eigenvalue weighted by Crippen LogP contribution is -2.30. The molecule has 0 bridgehead atoms. The summed E-state index contributed by atoms with van der Waals surface area (Å²) in [6.07, 6.45) is -1.08. The van der Waals surface area contributed by atoms with E-state index in [0.29, 0.717) is 4.88 Å². The van der Waals surface area contributed by atoms with E-state index in [0.717, 1.165) is 4.88 Å². The van der Waals surface area contributed by atoms with Crippen LogP contribution in [0.4, 0.5) is 11.4 Å². The van der Waals surface area contributed by atoms with Gasteiger partial charge in [-0.2, -0.15) is 0 Å². The highest BCUT2D eigenvalue weighted by Gasteiger charge is 2.22. The van der Waals surface area contributed by atoms with E-state index in [1.807, 2.05) is 6.92 Å². The first kappa shape index (κ1) is 18.4. The number of thiophene rings is 1. The molecule has 0 aliphatic heterocycles. The van der Waals surface area contributed by atoms with Gasteiger partial charge in [0.25, 0.3) is 11.6 Å². The van der Waals surface area contributed by atoms with Crippen molar-refractivity contribution in [3.8, 4) is 5.75 Å². The lowest BCUT2D eigenvalue weighted by molar-refractivity contribution is -0.384. The Labute approximate surface area is 147 Å². The maximum absolute atomic E-state index is 12.2.